The molecule has 1 N–H and O–H groups in total. The van der Waals surface area contributed by atoms with Crippen molar-refractivity contribution in [1.82, 2.24) is 5.32 Å². The van der Waals surface area contributed by atoms with Crippen LogP contribution in [0.25, 0.3) is 0 Å². The van der Waals surface area contributed by atoms with E-state index in [1.54, 1.807) is 0 Å². The molecule has 1 rings (SSSR count). The van der Waals surface area contributed by atoms with Gasteiger partial charge in [-0.3, -0.25) is 5.32 Å². The highest BCUT2D eigenvalue weighted by Crippen LogP contribution is 2.04. The SMILES string of the molecule is CCCC(Cl)NCc1ccccc1. The summed E-state index contributed by atoms with van der Waals surface area (Å²) in [5.74, 6) is 0. The van der Waals surface area contributed by atoms with Gasteiger partial charge >= 0.3 is 0 Å². The molecule has 1 nitrogen and oxygen atoms in total. The topological polar surface area (TPSA) is 12.0 Å². The van der Waals surface area contributed by atoms with Crippen LogP contribution in [0.5, 0.6) is 0 Å². The van der Waals surface area contributed by atoms with Crippen LogP contribution in [0.2, 0.25) is 0 Å². The average Bonchev–Trinajstić information content (AvgIpc) is 2.17. The number of halogens is 1. The van der Waals surface area contributed by atoms with Gasteiger partial charge in [-0.25, -0.2) is 0 Å². The minimum Gasteiger partial charge on any atom is -0.297 e. The molecule has 1 aromatic carbocycles. The van der Waals surface area contributed by atoms with E-state index < -0.39 is 0 Å². The zero-order valence-corrected chi connectivity index (χ0v) is 8.72. The van der Waals surface area contributed by atoms with Crippen molar-refractivity contribution in [3.63, 3.8) is 0 Å². The second-order valence-corrected chi connectivity index (χ2v) is 3.65. The molecular formula is C11H16ClN. The number of hydrogen-bond acceptors (Lipinski definition) is 1. The number of hydrogen-bond donors (Lipinski definition) is 1. The average molecular weight is 198 g/mol. The monoisotopic (exact) mass is 197 g/mol. The molecule has 1 unspecified atom stereocenters. The fourth-order valence-electron chi connectivity index (χ4n) is 1.18. The second-order valence-electron chi connectivity index (χ2n) is 3.12. The first kappa shape index (κ1) is 10.6. The Labute approximate surface area is 85.1 Å². The smallest absolute Gasteiger partial charge is 0.0827 e. The molecule has 0 amide bonds. The van der Waals surface area contributed by atoms with Gasteiger partial charge in [-0.05, 0) is 12.0 Å². The van der Waals surface area contributed by atoms with Crippen molar-refractivity contribution in [2.45, 2.75) is 31.8 Å². The highest BCUT2D eigenvalue weighted by molar-refractivity contribution is 6.20. The molecule has 2 heteroatoms. The minimum atomic E-state index is 0.102. The molecule has 72 valence electrons. The first-order chi connectivity index (χ1) is 6.33. The first-order valence-corrected chi connectivity index (χ1v) is 5.18. The van der Waals surface area contributed by atoms with Gasteiger partial charge in [-0.1, -0.05) is 43.7 Å². The maximum absolute atomic E-state index is 6.02. The molecule has 0 saturated carbocycles. The van der Waals surface area contributed by atoms with Crippen LogP contribution in [0.15, 0.2) is 30.3 Å². The molecule has 13 heavy (non-hydrogen) atoms. The summed E-state index contributed by atoms with van der Waals surface area (Å²) >= 11 is 6.02. The zero-order valence-electron chi connectivity index (χ0n) is 7.96. The Morgan fingerprint density at radius 3 is 2.62 bits per heavy atom. The largest absolute Gasteiger partial charge is 0.297 e. The van der Waals surface area contributed by atoms with Crippen molar-refractivity contribution in [3.05, 3.63) is 35.9 Å². The molecule has 1 aromatic rings. The Kier molecular flexibility index (Phi) is 4.87. The van der Waals surface area contributed by atoms with Crippen LogP contribution in [0.3, 0.4) is 0 Å². The van der Waals surface area contributed by atoms with Gasteiger partial charge in [0.15, 0.2) is 0 Å². The summed E-state index contributed by atoms with van der Waals surface area (Å²) in [6.45, 7) is 2.99. The fraction of sp³-hybridized carbons (Fsp3) is 0.455. The quantitative estimate of drug-likeness (QED) is 0.565. The molecule has 0 radical (unpaired) electrons. The van der Waals surface area contributed by atoms with Crippen LogP contribution in [0, 0.1) is 0 Å². The van der Waals surface area contributed by atoms with E-state index in [9.17, 15) is 0 Å². The van der Waals surface area contributed by atoms with Gasteiger partial charge in [0.25, 0.3) is 0 Å². The van der Waals surface area contributed by atoms with E-state index in [2.05, 4.69) is 24.4 Å². The molecule has 0 fully saturated rings. The lowest BCUT2D eigenvalue weighted by Crippen LogP contribution is -2.22. The Morgan fingerprint density at radius 1 is 1.31 bits per heavy atom. The lowest BCUT2D eigenvalue weighted by atomic mass is 10.2. The van der Waals surface area contributed by atoms with Crippen molar-refractivity contribution in [2.75, 3.05) is 0 Å². The summed E-state index contributed by atoms with van der Waals surface area (Å²) in [7, 11) is 0. The fourth-order valence-corrected chi connectivity index (χ4v) is 1.48. The Morgan fingerprint density at radius 2 is 2.00 bits per heavy atom. The summed E-state index contributed by atoms with van der Waals surface area (Å²) in [5.41, 5.74) is 1.38. The highest BCUT2D eigenvalue weighted by atomic mass is 35.5. The van der Waals surface area contributed by atoms with E-state index in [1.807, 2.05) is 18.2 Å². The van der Waals surface area contributed by atoms with Crippen molar-refractivity contribution in [3.8, 4) is 0 Å². The zero-order chi connectivity index (χ0) is 9.52. The number of benzene rings is 1. The summed E-state index contributed by atoms with van der Waals surface area (Å²) < 4.78 is 0. The molecule has 0 aromatic heterocycles. The molecule has 1 atom stereocenters. The van der Waals surface area contributed by atoms with Gasteiger partial charge in [0.05, 0.1) is 5.50 Å². The van der Waals surface area contributed by atoms with E-state index in [1.165, 1.54) is 5.56 Å². The molecule has 0 heterocycles. The van der Waals surface area contributed by atoms with Crippen molar-refractivity contribution in [1.29, 1.82) is 0 Å². The molecule has 0 aliphatic rings. The number of rotatable bonds is 5. The summed E-state index contributed by atoms with van der Waals surface area (Å²) in [4.78, 5) is 0. The van der Waals surface area contributed by atoms with E-state index in [-0.39, 0.29) is 5.50 Å². The number of alkyl halides is 1. The molecule has 0 spiro atoms. The maximum atomic E-state index is 6.02. The highest BCUT2D eigenvalue weighted by Gasteiger charge is 2.00. The van der Waals surface area contributed by atoms with Gasteiger partial charge in [0.2, 0.25) is 0 Å². The van der Waals surface area contributed by atoms with Crippen LogP contribution >= 0.6 is 11.6 Å². The third kappa shape index (κ3) is 4.30. The predicted molar refractivity (Wildman–Crippen MR) is 57.8 cm³/mol. The Balaban J connectivity index is 2.27. The summed E-state index contributed by atoms with van der Waals surface area (Å²) in [5, 5.41) is 3.27. The molecule has 0 bridgehead atoms. The first-order valence-electron chi connectivity index (χ1n) is 4.74. The lowest BCUT2D eigenvalue weighted by Gasteiger charge is -2.10. The summed E-state index contributed by atoms with van der Waals surface area (Å²) in [6, 6.07) is 10.3. The van der Waals surface area contributed by atoms with Crippen molar-refractivity contribution < 1.29 is 0 Å². The van der Waals surface area contributed by atoms with Crippen LogP contribution in [-0.2, 0) is 6.54 Å². The standard InChI is InChI=1S/C11H16ClN/c1-2-6-11(12)13-9-10-7-4-3-5-8-10/h3-5,7-8,11,13H,2,6,9H2,1H3. The van der Waals surface area contributed by atoms with Gasteiger partial charge in [0.1, 0.15) is 0 Å². The third-order valence-corrected chi connectivity index (χ3v) is 2.29. The van der Waals surface area contributed by atoms with Crippen molar-refractivity contribution in [2.24, 2.45) is 0 Å². The minimum absolute atomic E-state index is 0.102. The summed E-state index contributed by atoms with van der Waals surface area (Å²) in [6.07, 6.45) is 2.14. The number of nitrogens with one attached hydrogen (secondary N) is 1. The van der Waals surface area contributed by atoms with Gasteiger partial charge in [-0.15, -0.1) is 11.6 Å². The third-order valence-electron chi connectivity index (χ3n) is 1.91. The van der Waals surface area contributed by atoms with E-state index in [0.717, 1.165) is 19.4 Å². The van der Waals surface area contributed by atoms with E-state index in [4.69, 9.17) is 11.6 Å². The lowest BCUT2D eigenvalue weighted by molar-refractivity contribution is 0.593. The van der Waals surface area contributed by atoms with E-state index >= 15 is 0 Å². The molecule has 0 saturated heterocycles. The van der Waals surface area contributed by atoms with Gasteiger partial charge < -0.3 is 0 Å². The second kappa shape index (κ2) is 6.01. The van der Waals surface area contributed by atoms with Crippen LogP contribution < -0.4 is 5.32 Å². The Bertz CT molecular complexity index is 223. The normalized spacial score (nSPS) is 12.8. The van der Waals surface area contributed by atoms with Gasteiger partial charge in [0, 0.05) is 6.54 Å². The van der Waals surface area contributed by atoms with Crippen molar-refractivity contribution >= 4 is 11.6 Å². The van der Waals surface area contributed by atoms with Crippen LogP contribution in [0.1, 0.15) is 25.3 Å². The molecule has 0 aliphatic heterocycles. The molecule has 0 aliphatic carbocycles. The van der Waals surface area contributed by atoms with E-state index in [0.29, 0.717) is 0 Å². The molecular weight excluding hydrogens is 182 g/mol. The Hall–Kier alpha value is -0.530. The van der Waals surface area contributed by atoms with Gasteiger partial charge in [-0.2, -0.15) is 0 Å². The van der Waals surface area contributed by atoms with Crippen LogP contribution in [-0.4, -0.2) is 5.50 Å². The maximum Gasteiger partial charge on any atom is 0.0827 e. The van der Waals surface area contributed by atoms with Crippen LogP contribution in [0.4, 0.5) is 0 Å². The predicted octanol–water partition coefficient (Wildman–Crippen LogP) is 3.14.